The molecule has 1 aromatic rings. The summed E-state index contributed by atoms with van der Waals surface area (Å²) in [6.07, 6.45) is 1.02. The van der Waals surface area contributed by atoms with Crippen molar-refractivity contribution in [3.05, 3.63) is 35.4 Å². The molecule has 86 valence electrons. The molecular weight excluding hydrogens is 206 g/mol. The topological polar surface area (TPSA) is 58.9 Å². The van der Waals surface area contributed by atoms with Crippen LogP contribution < -0.4 is 0 Å². The number of carbonyl (C=O) groups excluding carboxylic acids is 1. The molecule has 0 aromatic heterocycles. The molecule has 0 heterocycles. The van der Waals surface area contributed by atoms with Crippen molar-refractivity contribution in [3.63, 3.8) is 0 Å². The molecule has 0 unspecified atom stereocenters. The molecule has 0 fully saturated rings. The molecule has 1 N–H and O–H groups in total. The molecule has 0 saturated carbocycles. The van der Waals surface area contributed by atoms with Crippen LogP contribution in [0.4, 0.5) is 0 Å². The Bertz CT molecular complexity index is 399. The third-order valence-corrected chi connectivity index (χ3v) is 2.43. The molecule has 1 rings (SSSR count). The van der Waals surface area contributed by atoms with E-state index in [0.717, 1.165) is 11.1 Å². The Morgan fingerprint density at radius 2 is 2.12 bits per heavy atom. The molecule has 1 aromatic carbocycles. The van der Waals surface area contributed by atoms with Crippen molar-refractivity contribution in [2.75, 3.05) is 7.11 Å². The fourth-order valence-electron chi connectivity index (χ4n) is 1.45. The first kappa shape index (κ1) is 12.2. The smallest absolute Gasteiger partial charge is 0.355 e. The normalized spacial score (nSPS) is 11.2. The summed E-state index contributed by atoms with van der Waals surface area (Å²) in [5.74, 6) is -0.587. The predicted molar refractivity (Wildman–Crippen MR) is 60.7 cm³/mol. The van der Waals surface area contributed by atoms with Gasteiger partial charge < -0.3 is 9.94 Å². The van der Waals surface area contributed by atoms with E-state index in [1.54, 1.807) is 0 Å². The number of aryl methyl sites for hydroxylation is 2. The van der Waals surface area contributed by atoms with Crippen LogP contribution >= 0.6 is 0 Å². The fourth-order valence-corrected chi connectivity index (χ4v) is 1.45. The highest BCUT2D eigenvalue weighted by Gasteiger charge is 2.12. The molecule has 0 atom stereocenters. The van der Waals surface area contributed by atoms with Crippen molar-refractivity contribution >= 4 is 11.7 Å². The first-order chi connectivity index (χ1) is 7.69. The van der Waals surface area contributed by atoms with Gasteiger partial charge in [0.15, 0.2) is 5.71 Å². The van der Waals surface area contributed by atoms with Crippen molar-refractivity contribution in [2.45, 2.75) is 19.8 Å². The fraction of sp³-hybridized carbons (Fsp3) is 0.333. The molecule has 4 nitrogen and oxygen atoms in total. The Balaban J connectivity index is 2.64. The molecule has 0 aliphatic carbocycles. The molecule has 0 amide bonds. The lowest BCUT2D eigenvalue weighted by Gasteiger charge is -2.05. The standard InChI is InChI=1S/C12H15NO3/c1-9-5-3-4-6-10(9)7-8-11(13-15)12(14)16-2/h3-6,15H,7-8H2,1-2H3. The van der Waals surface area contributed by atoms with Crippen molar-refractivity contribution in [1.82, 2.24) is 0 Å². The largest absolute Gasteiger partial charge is 0.464 e. The molecule has 0 aliphatic heterocycles. The number of benzene rings is 1. The van der Waals surface area contributed by atoms with Gasteiger partial charge in [-0.05, 0) is 24.5 Å². The van der Waals surface area contributed by atoms with Crippen LogP contribution in [-0.4, -0.2) is 24.0 Å². The van der Waals surface area contributed by atoms with Crippen LogP contribution in [0.2, 0.25) is 0 Å². The van der Waals surface area contributed by atoms with Crippen LogP contribution in [0, 0.1) is 6.92 Å². The van der Waals surface area contributed by atoms with Gasteiger partial charge in [-0.25, -0.2) is 4.79 Å². The minimum atomic E-state index is -0.587. The zero-order valence-corrected chi connectivity index (χ0v) is 9.43. The first-order valence-corrected chi connectivity index (χ1v) is 5.02. The lowest BCUT2D eigenvalue weighted by molar-refractivity contribution is -0.133. The summed E-state index contributed by atoms with van der Waals surface area (Å²) in [5, 5.41) is 11.6. The van der Waals surface area contributed by atoms with Crippen LogP contribution in [-0.2, 0) is 16.0 Å². The van der Waals surface area contributed by atoms with Gasteiger partial charge in [-0.15, -0.1) is 0 Å². The number of carbonyl (C=O) groups is 1. The summed E-state index contributed by atoms with van der Waals surface area (Å²) in [5.41, 5.74) is 2.34. The maximum absolute atomic E-state index is 11.1. The van der Waals surface area contributed by atoms with Crippen molar-refractivity contribution in [1.29, 1.82) is 0 Å². The molecule has 4 heteroatoms. The van der Waals surface area contributed by atoms with Gasteiger partial charge in [0.05, 0.1) is 7.11 Å². The molecule has 0 saturated heterocycles. The van der Waals surface area contributed by atoms with Crippen LogP contribution in [0.25, 0.3) is 0 Å². The van der Waals surface area contributed by atoms with Gasteiger partial charge in [0.25, 0.3) is 0 Å². The minimum Gasteiger partial charge on any atom is -0.464 e. The van der Waals surface area contributed by atoms with Crippen molar-refractivity contribution in [2.24, 2.45) is 5.16 Å². The Kier molecular flexibility index (Phi) is 4.51. The average Bonchev–Trinajstić information content (AvgIpc) is 2.31. The Hall–Kier alpha value is -1.84. The van der Waals surface area contributed by atoms with Crippen LogP contribution in [0.3, 0.4) is 0 Å². The van der Waals surface area contributed by atoms with E-state index in [1.165, 1.54) is 7.11 Å². The summed E-state index contributed by atoms with van der Waals surface area (Å²) >= 11 is 0. The number of nitrogens with zero attached hydrogens (tertiary/aromatic N) is 1. The predicted octanol–water partition coefficient (Wildman–Crippen LogP) is 1.93. The number of oxime groups is 1. The van der Waals surface area contributed by atoms with E-state index in [0.29, 0.717) is 12.8 Å². The average molecular weight is 221 g/mol. The number of hydrogen-bond donors (Lipinski definition) is 1. The van der Waals surface area contributed by atoms with E-state index in [1.807, 2.05) is 31.2 Å². The van der Waals surface area contributed by atoms with E-state index in [2.05, 4.69) is 9.89 Å². The van der Waals surface area contributed by atoms with Gasteiger partial charge in [-0.3, -0.25) is 0 Å². The first-order valence-electron chi connectivity index (χ1n) is 5.02. The van der Waals surface area contributed by atoms with E-state index in [9.17, 15) is 4.79 Å². The number of esters is 1. The lowest BCUT2D eigenvalue weighted by atomic mass is 10.0. The molecule has 0 radical (unpaired) electrons. The van der Waals surface area contributed by atoms with Crippen LogP contribution in [0.15, 0.2) is 29.4 Å². The number of hydrogen-bond acceptors (Lipinski definition) is 4. The van der Waals surface area contributed by atoms with Crippen LogP contribution in [0.5, 0.6) is 0 Å². The third kappa shape index (κ3) is 3.08. The van der Waals surface area contributed by atoms with Crippen molar-refractivity contribution in [3.8, 4) is 0 Å². The Morgan fingerprint density at radius 3 is 2.69 bits per heavy atom. The van der Waals surface area contributed by atoms with Crippen molar-refractivity contribution < 1.29 is 14.7 Å². The summed E-state index contributed by atoms with van der Waals surface area (Å²) in [6.45, 7) is 2.00. The second-order valence-electron chi connectivity index (χ2n) is 3.46. The lowest BCUT2D eigenvalue weighted by Crippen LogP contribution is -2.16. The Labute approximate surface area is 94.5 Å². The van der Waals surface area contributed by atoms with Crippen LogP contribution in [0.1, 0.15) is 17.5 Å². The highest BCUT2D eigenvalue weighted by Crippen LogP contribution is 2.10. The summed E-state index contributed by atoms with van der Waals surface area (Å²) in [6, 6.07) is 7.89. The molecule has 16 heavy (non-hydrogen) atoms. The minimum absolute atomic E-state index is 0.0470. The summed E-state index contributed by atoms with van der Waals surface area (Å²) < 4.78 is 4.49. The van der Waals surface area contributed by atoms with Gasteiger partial charge in [-0.1, -0.05) is 29.4 Å². The molecule has 0 spiro atoms. The summed E-state index contributed by atoms with van der Waals surface area (Å²) in [7, 11) is 1.27. The second kappa shape index (κ2) is 5.90. The summed E-state index contributed by atoms with van der Waals surface area (Å²) in [4.78, 5) is 11.1. The molecular formula is C12H15NO3. The number of ether oxygens (including phenoxy) is 1. The number of rotatable bonds is 4. The van der Waals surface area contributed by atoms with Gasteiger partial charge in [0, 0.05) is 6.42 Å². The third-order valence-electron chi connectivity index (χ3n) is 2.43. The second-order valence-corrected chi connectivity index (χ2v) is 3.46. The zero-order valence-electron chi connectivity index (χ0n) is 9.43. The highest BCUT2D eigenvalue weighted by molar-refractivity contribution is 6.36. The maximum atomic E-state index is 11.1. The van der Waals surface area contributed by atoms with E-state index < -0.39 is 5.97 Å². The monoisotopic (exact) mass is 221 g/mol. The quantitative estimate of drug-likeness (QED) is 0.366. The Morgan fingerprint density at radius 1 is 1.44 bits per heavy atom. The van der Waals surface area contributed by atoms with E-state index in [-0.39, 0.29) is 5.71 Å². The van der Waals surface area contributed by atoms with Gasteiger partial charge in [0.2, 0.25) is 0 Å². The highest BCUT2D eigenvalue weighted by atomic mass is 16.5. The zero-order chi connectivity index (χ0) is 12.0. The van der Waals surface area contributed by atoms with Gasteiger partial charge >= 0.3 is 5.97 Å². The molecule has 0 bridgehead atoms. The van der Waals surface area contributed by atoms with E-state index >= 15 is 0 Å². The van der Waals surface area contributed by atoms with Gasteiger partial charge in [-0.2, -0.15) is 0 Å². The SMILES string of the molecule is COC(=O)C(CCc1ccccc1C)=NO. The number of methoxy groups -OCH3 is 1. The molecule has 0 aliphatic rings. The van der Waals surface area contributed by atoms with Gasteiger partial charge in [0.1, 0.15) is 0 Å². The van der Waals surface area contributed by atoms with E-state index in [4.69, 9.17) is 5.21 Å². The maximum Gasteiger partial charge on any atom is 0.355 e.